The molecule has 2 aromatic rings. The van der Waals surface area contributed by atoms with Crippen LogP contribution in [0, 0.1) is 11.3 Å². The fraction of sp³-hybridized carbons (Fsp3) is 0.438. The number of rotatable bonds is 1. The fourth-order valence-electron chi connectivity index (χ4n) is 4.04. The summed E-state index contributed by atoms with van der Waals surface area (Å²) in [5, 5.41) is 10.3. The number of aliphatic hydroxyl groups excluding tert-OH is 1. The van der Waals surface area contributed by atoms with Gasteiger partial charge in [-0.1, -0.05) is 38.1 Å². The van der Waals surface area contributed by atoms with E-state index in [1.807, 2.05) is 12.5 Å². The average Bonchev–Trinajstić information content (AvgIpc) is 2.92. The van der Waals surface area contributed by atoms with E-state index in [0.717, 1.165) is 6.42 Å². The van der Waals surface area contributed by atoms with Crippen LogP contribution in [0.4, 0.5) is 0 Å². The Morgan fingerprint density at radius 1 is 1.32 bits per heavy atom. The van der Waals surface area contributed by atoms with Crippen LogP contribution in [0.25, 0.3) is 11.3 Å². The minimum atomic E-state index is -0.207. The van der Waals surface area contributed by atoms with Gasteiger partial charge in [0, 0.05) is 11.5 Å². The molecule has 0 radical (unpaired) electrons. The molecule has 3 nitrogen and oxygen atoms in total. The standard InChI is InChI=1S/C16H18N2O/c1-16(2)7-13(19)14(16)15-11-6-4-3-5-10(11)12-8-17-9-18(12)15/h3-6,8-9,13-15,19H,7H2,1-2H3/t13-,14+,15+/m1/s1. The Hall–Kier alpha value is -1.61. The lowest BCUT2D eigenvalue weighted by molar-refractivity contribution is -0.103. The number of benzene rings is 1. The Kier molecular flexibility index (Phi) is 2.06. The van der Waals surface area contributed by atoms with Gasteiger partial charge in [-0.3, -0.25) is 0 Å². The smallest absolute Gasteiger partial charge is 0.0956 e. The molecule has 1 aliphatic carbocycles. The summed E-state index contributed by atoms with van der Waals surface area (Å²) < 4.78 is 2.24. The topological polar surface area (TPSA) is 38.1 Å². The Labute approximate surface area is 112 Å². The van der Waals surface area contributed by atoms with Crippen LogP contribution in [0.5, 0.6) is 0 Å². The minimum Gasteiger partial charge on any atom is -0.393 e. The molecule has 1 aliphatic heterocycles. The van der Waals surface area contributed by atoms with Crippen molar-refractivity contribution >= 4 is 0 Å². The zero-order chi connectivity index (χ0) is 13.2. The van der Waals surface area contributed by atoms with Gasteiger partial charge >= 0.3 is 0 Å². The van der Waals surface area contributed by atoms with Gasteiger partial charge in [0.05, 0.1) is 30.4 Å². The van der Waals surface area contributed by atoms with Crippen LogP contribution in [-0.4, -0.2) is 20.8 Å². The van der Waals surface area contributed by atoms with Crippen molar-refractivity contribution < 1.29 is 5.11 Å². The lowest BCUT2D eigenvalue weighted by Crippen LogP contribution is -2.51. The second kappa shape index (κ2) is 3.48. The molecule has 19 heavy (non-hydrogen) atoms. The number of hydrogen-bond acceptors (Lipinski definition) is 2. The molecule has 0 amide bonds. The van der Waals surface area contributed by atoms with Gasteiger partial charge in [0.2, 0.25) is 0 Å². The van der Waals surface area contributed by atoms with E-state index in [0.29, 0.717) is 0 Å². The second-order valence-electron chi connectivity index (χ2n) is 6.50. The predicted molar refractivity (Wildman–Crippen MR) is 73.7 cm³/mol. The summed E-state index contributed by atoms with van der Waals surface area (Å²) in [5.41, 5.74) is 3.95. The van der Waals surface area contributed by atoms with E-state index >= 15 is 0 Å². The maximum Gasteiger partial charge on any atom is 0.0956 e. The number of nitrogens with zero attached hydrogens (tertiary/aromatic N) is 2. The van der Waals surface area contributed by atoms with E-state index in [1.165, 1.54) is 16.8 Å². The highest BCUT2D eigenvalue weighted by Gasteiger charge is 2.53. The highest BCUT2D eigenvalue weighted by atomic mass is 16.3. The van der Waals surface area contributed by atoms with Crippen molar-refractivity contribution in [3.05, 3.63) is 42.4 Å². The maximum atomic E-state index is 10.3. The lowest BCUT2D eigenvalue weighted by Gasteiger charge is -2.52. The van der Waals surface area contributed by atoms with E-state index in [2.05, 4.69) is 47.7 Å². The van der Waals surface area contributed by atoms with Gasteiger partial charge in [-0.25, -0.2) is 4.98 Å². The van der Waals surface area contributed by atoms with Crippen LogP contribution in [0.1, 0.15) is 31.9 Å². The molecule has 0 bridgehead atoms. The molecular weight excluding hydrogens is 236 g/mol. The van der Waals surface area contributed by atoms with E-state index in [1.54, 1.807) is 0 Å². The number of aliphatic hydroxyl groups is 1. The summed E-state index contributed by atoms with van der Waals surface area (Å²) in [6.07, 6.45) is 4.51. The first kappa shape index (κ1) is 11.2. The van der Waals surface area contributed by atoms with Crippen molar-refractivity contribution in [2.75, 3.05) is 0 Å². The Balaban J connectivity index is 1.90. The molecule has 2 aliphatic rings. The molecular formula is C16H18N2O. The number of hydrogen-bond donors (Lipinski definition) is 1. The van der Waals surface area contributed by atoms with Gasteiger partial charge in [0.15, 0.2) is 0 Å². The van der Waals surface area contributed by atoms with Crippen molar-refractivity contribution in [3.63, 3.8) is 0 Å². The van der Waals surface area contributed by atoms with Gasteiger partial charge in [-0.2, -0.15) is 0 Å². The first-order chi connectivity index (χ1) is 9.09. The SMILES string of the molecule is CC1(C)C[C@@H](O)[C@H]1[C@@H]1c2ccccc2-c2cncn21. The molecule has 1 N–H and O–H groups in total. The zero-order valence-corrected chi connectivity index (χ0v) is 11.2. The molecule has 1 aromatic heterocycles. The van der Waals surface area contributed by atoms with Crippen molar-refractivity contribution in [2.24, 2.45) is 11.3 Å². The van der Waals surface area contributed by atoms with E-state index < -0.39 is 0 Å². The third-order valence-electron chi connectivity index (χ3n) is 4.91. The quantitative estimate of drug-likeness (QED) is 0.849. The summed E-state index contributed by atoms with van der Waals surface area (Å²) >= 11 is 0. The average molecular weight is 254 g/mol. The van der Waals surface area contributed by atoms with Crippen LogP contribution in [-0.2, 0) is 0 Å². The highest BCUT2D eigenvalue weighted by Crippen LogP contribution is 2.56. The molecule has 0 saturated heterocycles. The normalized spacial score (nSPS) is 30.6. The molecule has 0 unspecified atom stereocenters. The molecule has 2 heterocycles. The van der Waals surface area contributed by atoms with Gasteiger partial charge < -0.3 is 9.67 Å². The lowest BCUT2D eigenvalue weighted by atomic mass is 9.57. The third-order valence-corrected chi connectivity index (χ3v) is 4.91. The minimum absolute atomic E-state index is 0.184. The van der Waals surface area contributed by atoms with Crippen LogP contribution in [0.2, 0.25) is 0 Å². The summed E-state index contributed by atoms with van der Waals surface area (Å²) in [4.78, 5) is 4.29. The molecule has 4 rings (SSSR count). The number of imidazole rings is 1. The Bertz CT molecular complexity index is 644. The molecule has 1 aromatic carbocycles. The summed E-state index contributed by atoms with van der Waals surface area (Å²) in [6, 6.07) is 8.73. The molecule has 98 valence electrons. The number of aromatic nitrogens is 2. The molecule has 0 spiro atoms. The monoisotopic (exact) mass is 254 g/mol. The van der Waals surface area contributed by atoms with Crippen molar-refractivity contribution in [1.29, 1.82) is 0 Å². The summed E-state index contributed by atoms with van der Waals surface area (Å²) in [5.74, 6) is 0.268. The van der Waals surface area contributed by atoms with Gasteiger partial charge in [0.25, 0.3) is 0 Å². The van der Waals surface area contributed by atoms with Gasteiger partial charge in [-0.15, -0.1) is 0 Å². The van der Waals surface area contributed by atoms with Gasteiger partial charge in [0.1, 0.15) is 0 Å². The van der Waals surface area contributed by atoms with Crippen LogP contribution >= 0.6 is 0 Å². The Morgan fingerprint density at radius 3 is 2.84 bits per heavy atom. The van der Waals surface area contributed by atoms with E-state index in [4.69, 9.17) is 0 Å². The maximum absolute atomic E-state index is 10.3. The van der Waals surface area contributed by atoms with Crippen LogP contribution in [0.3, 0.4) is 0 Å². The summed E-state index contributed by atoms with van der Waals surface area (Å²) in [6.45, 7) is 4.50. The largest absolute Gasteiger partial charge is 0.393 e. The summed E-state index contributed by atoms with van der Waals surface area (Å²) in [7, 11) is 0. The number of fused-ring (bicyclic) bond motifs is 3. The molecule has 3 atom stereocenters. The fourth-order valence-corrected chi connectivity index (χ4v) is 4.04. The second-order valence-corrected chi connectivity index (χ2v) is 6.50. The highest BCUT2D eigenvalue weighted by molar-refractivity contribution is 5.69. The van der Waals surface area contributed by atoms with Crippen molar-refractivity contribution in [2.45, 2.75) is 32.4 Å². The Morgan fingerprint density at radius 2 is 2.11 bits per heavy atom. The first-order valence-electron chi connectivity index (χ1n) is 6.89. The molecule has 3 heteroatoms. The van der Waals surface area contributed by atoms with Gasteiger partial charge in [-0.05, 0) is 17.4 Å². The third kappa shape index (κ3) is 1.34. The van der Waals surface area contributed by atoms with Crippen molar-refractivity contribution in [1.82, 2.24) is 9.55 Å². The predicted octanol–water partition coefficient (Wildman–Crippen LogP) is 2.86. The van der Waals surface area contributed by atoms with Crippen LogP contribution < -0.4 is 0 Å². The molecule has 1 saturated carbocycles. The van der Waals surface area contributed by atoms with Crippen LogP contribution in [0.15, 0.2) is 36.8 Å². The first-order valence-corrected chi connectivity index (χ1v) is 6.89. The van der Waals surface area contributed by atoms with E-state index in [9.17, 15) is 5.11 Å². The van der Waals surface area contributed by atoms with Crippen molar-refractivity contribution in [3.8, 4) is 11.3 Å². The molecule has 1 fully saturated rings. The zero-order valence-electron chi connectivity index (χ0n) is 11.2. The van der Waals surface area contributed by atoms with E-state index in [-0.39, 0.29) is 23.5 Å².